The highest BCUT2D eigenvalue weighted by atomic mass is 35.5. The van der Waals surface area contributed by atoms with E-state index in [9.17, 15) is 4.79 Å². The summed E-state index contributed by atoms with van der Waals surface area (Å²) in [7, 11) is 3.50. The lowest BCUT2D eigenvalue weighted by Gasteiger charge is -2.17. The lowest BCUT2D eigenvalue weighted by molar-refractivity contribution is 0.0798. The minimum absolute atomic E-state index is 0.152. The summed E-state index contributed by atoms with van der Waals surface area (Å²) in [6.07, 6.45) is 2.01. The van der Waals surface area contributed by atoms with Crippen molar-refractivity contribution in [3.8, 4) is 0 Å². The molecule has 0 fully saturated rings. The van der Waals surface area contributed by atoms with Crippen LogP contribution >= 0.6 is 23.4 Å². The van der Waals surface area contributed by atoms with E-state index in [0.29, 0.717) is 23.1 Å². The van der Waals surface area contributed by atoms with Gasteiger partial charge in [-0.3, -0.25) is 4.79 Å². The van der Waals surface area contributed by atoms with Crippen molar-refractivity contribution >= 4 is 35.1 Å². The molecule has 1 rings (SSSR count). The maximum atomic E-state index is 12.1. The number of hydrogen-bond donors (Lipinski definition) is 1. The molecule has 0 spiro atoms. The van der Waals surface area contributed by atoms with Gasteiger partial charge in [0.15, 0.2) is 0 Å². The molecule has 0 atom stereocenters. The van der Waals surface area contributed by atoms with E-state index in [2.05, 4.69) is 10.3 Å². The Hall–Kier alpha value is -0.940. The number of pyridine rings is 1. The van der Waals surface area contributed by atoms with Gasteiger partial charge in [-0.2, -0.15) is 11.8 Å². The number of amides is 1. The second-order valence-corrected chi connectivity index (χ2v) is 4.89. The van der Waals surface area contributed by atoms with Crippen LogP contribution in [0.5, 0.6) is 0 Å². The van der Waals surface area contributed by atoms with Crippen LogP contribution in [0.3, 0.4) is 0 Å². The molecule has 6 heteroatoms. The number of nitrogens with zero attached hydrogens (tertiary/aromatic N) is 2. The van der Waals surface area contributed by atoms with Crippen molar-refractivity contribution in [1.29, 1.82) is 0 Å². The molecule has 94 valence electrons. The van der Waals surface area contributed by atoms with Crippen LogP contribution in [0.15, 0.2) is 12.1 Å². The number of thioether (sulfide) groups is 1. The van der Waals surface area contributed by atoms with Gasteiger partial charge in [-0.15, -0.1) is 0 Å². The number of halogens is 1. The molecule has 0 saturated carbocycles. The molecule has 1 aromatic rings. The molecule has 0 aromatic carbocycles. The number of carbonyl (C=O) groups excluding carboxylic acids is 1. The molecule has 0 saturated heterocycles. The van der Waals surface area contributed by atoms with Gasteiger partial charge in [-0.1, -0.05) is 11.6 Å². The summed E-state index contributed by atoms with van der Waals surface area (Å²) in [5.41, 5.74) is 0.294. The van der Waals surface area contributed by atoms with Crippen molar-refractivity contribution in [3.05, 3.63) is 22.8 Å². The molecule has 0 radical (unpaired) electrons. The summed E-state index contributed by atoms with van der Waals surface area (Å²) in [5.74, 6) is 1.38. The second-order valence-electron chi connectivity index (χ2n) is 3.50. The largest absolute Gasteiger partial charge is 0.373 e. The van der Waals surface area contributed by atoms with Crippen LogP contribution in [0.4, 0.5) is 5.82 Å². The van der Waals surface area contributed by atoms with E-state index in [4.69, 9.17) is 11.6 Å². The summed E-state index contributed by atoms with van der Waals surface area (Å²) in [5, 5.41) is 3.27. The Morgan fingerprint density at radius 3 is 2.88 bits per heavy atom. The zero-order chi connectivity index (χ0) is 12.8. The molecule has 0 unspecified atom stereocenters. The Kier molecular flexibility index (Phi) is 5.58. The van der Waals surface area contributed by atoms with E-state index in [0.717, 1.165) is 5.75 Å². The monoisotopic (exact) mass is 273 g/mol. The summed E-state index contributed by atoms with van der Waals surface area (Å²) in [6, 6.07) is 3.41. The van der Waals surface area contributed by atoms with Crippen molar-refractivity contribution in [3.63, 3.8) is 0 Å². The number of hydrogen-bond acceptors (Lipinski definition) is 4. The molecule has 4 nitrogen and oxygen atoms in total. The highest BCUT2D eigenvalue weighted by molar-refractivity contribution is 7.98. The average Bonchev–Trinajstić information content (AvgIpc) is 2.35. The predicted molar refractivity (Wildman–Crippen MR) is 74.1 cm³/mol. The van der Waals surface area contributed by atoms with Crippen LogP contribution in [0.25, 0.3) is 0 Å². The number of nitrogens with one attached hydrogen (secondary N) is 1. The van der Waals surface area contributed by atoms with Crippen molar-refractivity contribution in [2.75, 3.05) is 38.0 Å². The van der Waals surface area contributed by atoms with E-state index in [1.54, 1.807) is 42.9 Å². The third-order valence-electron chi connectivity index (χ3n) is 2.28. The minimum atomic E-state index is -0.152. The molecule has 1 N–H and O–H groups in total. The second kappa shape index (κ2) is 6.71. The highest BCUT2D eigenvalue weighted by Crippen LogP contribution is 2.18. The first-order chi connectivity index (χ1) is 8.10. The molecule has 1 aromatic heterocycles. The molecule has 1 heterocycles. The molecule has 0 aliphatic rings. The van der Waals surface area contributed by atoms with Crippen LogP contribution in [-0.2, 0) is 0 Å². The fourth-order valence-electron chi connectivity index (χ4n) is 1.24. The van der Waals surface area contributed by atoms with Crippen molar-refractivity contribution in [1.82, 2.24) is 9.88 Å². The van der Waals surface area contributed by atoms with Crippen LogP contribution in [0, 0.1) is 0 Å². The van der Waals surface area contributed by atoms with Gasteiger partial charge in [0, 0.05) is 26.4 Å². The minimum Gasteiger partial charge on any atom is -0.373 e. The van der Waals surface area contributed by atoms with Gasteiger partial charge < -0.3 is 10.2 Å². The van der Waals surface area contributed by atoms with E-state index >= 15 is 0 Å². The first kappa shape index (κ1) is 14.1. The van der Waals surface area contributed by atoms with E-state index in [-0.39, 0.29) is 5.91 Å². The fraction of sp³-hybridized carbons (Fsp3) is 0.455. The maximum absolute atomic E-state index is 12.1. The first-order valence-electron chi connectivity index (χ1n) is 5.18. The van der Waals surface area contributed by atoms with Crippen LogP contribution in [0.2, 0.25) is 5.02 Å². The standard InChI is InChI=1S/C11H16ClN3OS/c1-13-9-5-4-8(12)10(14-9)11(16)15(2)6-7-17-3/h4-5H,6-7H2,1-3H3,(H,13,14). The van der Waals surface area contributed by atoms with Gasteiger partial charge in [0.1, 0.15) is 11.5 Å². The van der Waals surface area contributed by atoms with Crippen molar-refractivity contribution in [2.24, 2.45) is 0 Å². The Morgan fingerprint density at radius 1 is 1.59 bits per heavy atom. The molecule has 0 bridgehead atoms. The van der Waals surface area contributed by atoms with Crippen LogP contribution < -0.4 is 5.32 Å². The molecular formula is C11H16ClN3OS. The smallest absolute Gasteiger partial charge is 0.273 e. The van der Waals surface area contributed by atoms with Crippen molar-refractivity contribution in [2.45, 2.75) is 0 Å². The first-order valence-corrected chi connectivity index (χ1v) is 6.96. The Labute approximate surface area is 111 Å². The Balaban J connectivity index is 2.87. The zero-order valence-corrected chi connectivity index (χ0v) is 11.7. The Bertz CT molecular complexity index is 400. The zero-order valence-electron chi connectivity index (χ0n) is 10.2. The third-order valence-corrected chi connectivity index (χ3v) is 3.18. The fourth-order valence-corrected chi connectivity index (χ4v) is 1.88. The summed E-state index contributed by atoms with van der Waals surface area (Å²) in [6.45, 7) is 0.682. The van der Waals surface area contributed by atoms with Gasteiger partial charge in [0.25, 0.3) is 5.91 Å². The van der Waals surface area contributed by atoms with Crippen molar-refractivity contribution < 1.29 is 4.79 Å². The molecule has 0 aliphatic carbocycles. The van der Waals surface area contributed by atoms with Crippen LogP contribution in [0.1, 0.15) is 10.5 Å². The topological polar surface area (TPSA) is 45.2 Å². The summed E-state index contributed by atoms with van der Waals surface area (Å²) >= 11 is 7.68. The van der Waals surface area contributed by atoms with Gasteiger partial charge >= 0.3 is 0 Å². The van der Waals surface area contributed by atoms with E-state index in [1.807, 2.05) is 6.26 Å². The van der Waals surface area contributed by atoms with E-state index in [1.165, 1.54) is 0 Å². The molecular weight excluding hydrogens is 258 g/mol. The number of aromatic nitrogens is 1. The molecule has 0 aliphatic heterocycles. The lowest BCUT2D eigenvalue weighted by atomic mass is 10.3. The molecule has 1 amide bonds. The lowest BCUT2D eigenvalue weighted by Crippen LogP contribution is -2.30. The van der Waals surface area contributed by atoms with Gasteiger partial charge in [-0.25, -0.2) is 4.98 Å². The third kappa shape index (κ3) is 3.78. The normalized spacial score (nSPS) is 10.1. The van der Waals surface area contributed by atoms with E-state index < -0.39 is 0 Å². The van der Waals surface area contributed by atoms with Gasteiger partial charge in [-0.05, 0) is 18.4 Å². The predicted octanol–water partition coefficient (Wildman–Crippen LogP) is 2.21. The number of rotatable bonds is 5. The average molecular weight is 274 g/mol. The number of carbonyl (C=O) groups is 1. The number of anilines is 1. The maximum Gasteiger partial charge on any atom is 0.273 e. The SMILES string of the molecule is CNc1ccc(Cl)c(C(=O)N(C)CCSC)n1. The van der Waals surface area contributed by atoms with Gasteiger partial charge in [0.05, 0.1) is 5.02 Å². The highest BCUT2D eigenvalue weighted by Gasteiger charge is 2.16. The summed E-state index contributed by atoms with van der Waals surface area (Å²) < 4.78 is 0. The Morgan fingerprint density at radius 2 is 2.29 bits per heavy atom. The quantitative estimate of drug-likeness (QED) is 0.893. The van der Waals surface area contributed by atoms with Crippen LogP contribution in [-0.4, -0.2) is 48.4 Å². The summed E-state index contributed by atoms with van der Waals surface area (Å²) in [4.78, 5) is 17.9. The molecule has 17 heavy (non-hydrogen) atoms. The van der Waals surface area contributed by atoms with Gasteiger partial charge in [0.2, 0.25) is 0 Å².